The van der Waals surface area contributed by atoms with E-state index in [1.54, 1.807) is 0 Å². The molecule has 2 N–H and O–H groups in total. The molecule has 0 radical (unpaired) electrons. The van der Waals surface area contributed by atoms with E-state index in [1.165, 1.54) is 19.3 Å². The molecule has 2 heterocycles. The molecule has 104 valence electrons. The standard InChI is InChI=1S/C13H25N3O2/c1-2-5-14-8-11-3-6-16(7-4-11)10-12-9-15-13(17)18-12/h11-12,14H,2-10H2,1H3,(H,15,17). The van der Waals surface area contributed by atoms with Crippen molar-refractivity contribution >= 4 is 6.09 Å². The van der Waals surface area contributed by atoms with Crippen LogP contribution in [0.15, 0.2) is 0 Å². The molecular formula is C13H25N3O2. The van der Waals surface area contributed by atoms with Crippen molar-refractivity contribution in [2.45, 2.75) is 32.3 Å². The first-order valence-electron chi connectivity index (χ1n) is 7.15. The van der Waals surface area contributed by atoms with Gasteiger partial charge in [0.25, 0.3) is 0 Å². The van der Waals surface area contributed by atoms with E-state index in [0.717, 1.165) is 38.6 Å². The van der Waals surface area contributed by atoms with Gasteiger partial charge in [-0.15, -0.1) is 0 Å². The molecule has 2 saturated heterocycles. The van der Waals surface area contributed by atoms with Gasteiger partial charge >= 0.3 is 6.09 Å². The van der Waals surface area contributed by atoms with Crippen LogP contribution in [0.1, 0.15) is 26.2 Å². The van der Waals surface area contributed by atoms with Crippen molar-refractivity contribution in [3.8, 4) is 0 Å². The summed E-state index contributed by atoms with van der Waals surface area (Å²) in [7, 11) is 0. The van der Waals surface area contributed by atoms with Crippen LogP contribution in [0, 0.1) is 5.92 Å². The third-order valence-corrected chi connectivity index (χ3v) is 3.78. The van der Waals surface area contributed by atoms with Crippen LogP contribution >= 0.6 is 0 Å². The fraction of sp³-hybridized carbons (Fsp3) is 0.923. The predicted molar refractivity (Wildman–Crippen MR) is 70.6 cm³/mol. The van der Waals surface area contributed by atoms with E-state index in [4.69, 9.17) is 4.74 Å². The number of likely N-dealkylation sites (tertiary alicyclic amines) is 1. The third kappa shape index (κ3) is 4.14. The van der Waals surface area contributed by atoms with Crippen molar-refractivity contribution in [2.24, 2.45) is 5.92 Å². The summed E-state index contributed by atoms with van der Waals surface area (Å²) < 4.78 is 5.17. The summed E-state index contributed by atoms with van der Waals surface area (Å²) >= 11 is 0. The van der Waals surface area contributed by atoms with Crippen LogP contribution in [0.5, 0.6) is 0 Å². The summed E-state index contributed by atoms with van der Waals surface area (Å²) in [6.45, 7) is 8.29. The molecule has 2 aliphatic heterocycles. The summed E-state index contributed by atoms with van der Waals surface area (Å²) in [5.74, 6) is 0.817. The van der Waals surface area contributed by atoms with Gasteiger partial charge in [-0.05, 0) is 51.4 Å². The monoisotopic (exact) mass is 255 g/mol. The van der Waals surface area contributed by atoms with E-state index in [0.29, 0.717) is 6.54 Å². The van der Waals surface area contributed by atoms with Gasteiger partial charge in [0.1, 0.15) is 6.10 Å². The minimum Gasteiger partial charge on any atom is -0.443 e. The fourth-order valence-corrected chi connectivity index (χ4v) is 2.68. The van der Waals surface area contributed by atoms with E-state index in [-0.39, 0.29) is 12.2 Å². The quantitative estimate of drug-likeness (QED) is 0.690. The molecule has 1 atom stereocenters. The Bertz CT molecular complexity index is 265. The highest BCUT2D eigenvalue weighted by Crippen LogP contribution is 2.17. The molecule has 18 heavy (non-hydrogen) atoms. The van der Waals surface area contributed by atoms with E-state index in [9.17, 15) is 4.79 Å². The zero-order chi connectivity index (χ0) is 12.8. The molecule has 0 aromatic heterocycles. The molecule has 2 fully saturated rings. The molecule has 5 nitrogen and oxygen atoms in total. The number of alkyl carbamates (subject to hydrolysis) is 1. The maximum Gasteiger partial charge on any atom is 0.407 e. The zero-order valence-corrected chi connectivity index (χ0v) is 11.3. The van der Waals surface area contributed by atoms with E-state index in [2.05, 4.69) is 22.5 Å². The summed E-state index contributed by atoms with van der Waals surface area (Å²) in [5.41, 5.74) is 0. The van der Waals surface area contributed by atoms with Crippen molar-refractivity contribution in [1.82, 2.24) is 15.5 Å². The molecule has 0 bridgehead atoms. The van der Waals surface area contributed by atoms with Gasteiger partial charge in [-0.3, -0.25) is 4.90 Å². The lowest BCUT2D eigenvalue weighted by molar-refractivity contribution is 0.0912. The molecule has 0 aromatic carbocycles. The minimum atomic E-state index is -0.265. The highest BCUT2D eigenvalue weighted by atomic mass is 16.6. The van der Waals surface area contributed by atoms with Crippen molar-refractivity contribution < 1.29 is 9.53 Å². The van der Waals surface area contributed by atoms with Crippen LogP contribution < -0.4 is 10.6 Å². The number of amides is 1. The van der Waals surface area contributed by atoms with Gasteiger partial charge in [-0.1, -0.05) is 6.92 Å². The number of hydrogen-bond donors (Lipinski definition) is 2. The Morgan fingerprint density at radius 1 is 1.44 bits per heavy atom. The minimum absolute atomic E-state index is 0.0484. The maximum absolute atomic E-state index is 10.9. The van der Waals surface area contributed by atoms with Crippen LogP contribution in [0.3, 0.4) is 0 Å². The topological polar surface area (TPSA) is 53.6 Å². The first-order chi connectivity index (χ1) is 8.78. The van der Waals surface area contributed by atoms with Gasteiger partial charge in [0.05, 0.1) is 6.54 Å². The number of nitrogens with one attached hydrogen (secondary N) is 2. The summed E-state index contributed by atoms with van der Waals surface area (Å²) in [6, 6.07) is 0. The zero-order valence-electron chi connectivity index (χ0n) is 11.3. The average Bonchev–Trinajstić information content (AvgIpc) is 2.77. The fourth-order valence-electron chi connectivity index (χ4n) is 2.68. The number of carbonyl (C=O) groups excluding carboxylic acids is 1. The van der Waals surface area contributed by atoms with Crippen LogP contribution in [-0.4, -0.2) is 56.4 Å². The van der Waals surface area contributed by atoms with Gasteiger partial charge in [0.2, 0.25) is 0 Å². The second-order valence-corrected chi connectivity index (χ2v) is 5.36. The van der Waals surface area contributed by atoms with Crippen molar-refractivity contribution in [3.63, 3.8) is 0 Å². The Hall–Kier alpha value is -0.810. The normalized spacial score (nSPS) is 26.1. The van der Waals surface area contributed by atoms with Crippen molar-refractivity contribution in [3.05, 3.63) is 0 Å². The number of hydrogen-bond acceptors (Lipinski definition) is 4. The number of piperidine rings is 1. The summed E-state index contributed by atoms with van der Waals surface area (Å²) in [6.07, 6.45) is 3.50. The molecule has 0 saturated carbocycles. The average molecular weight is 255 g/mol. The number of rotatable bonds is 6. The molecular weight excluding hydrogens is 230 g/mol. The van der Waals surface area contributed by atoms with E-state index in [1.807, 2.05) is 0 Å². The Kier molecular flexibility index (Phi) is 5.26. The molecule has 2 aliphatic rings. The third-order valence-electron chi connectivity index (χ3n) is 3.78. The number of carbonyl (C=O) groups is 1. The highest BCUT2D eigenvalue weighted by Gasteiger charge is 2.27. The maximum atomic E-state index is 10.9. The molecule has 1 unspecified atom stereocenters. The van der Waals surface area contributed by atoms with Crippen molar-refractivity contribution in [2.75, 3.05) is 39.3 Å². The summed E-state index contributed by atoms with van der Waals surface area (Å²) in [4.78, 5) is 13.4. The lowest BCUT2D eigenvalue weighted by Crippen LogP contribution is -2.41. The van der Waals surface area contributed by atoms with Crippen molar-refractivity contribution in [1.29, 1.82) is 0 Å². The van der Waals surface area contributed by atoms with Gasteiger partial charge < -0.3 is 15.4 Å². The summed E-state index contributed by atoms with van der Waals surface area (Å²) in [5, 5.41) is 6.21. The molecule has 2 rings (SSSR count). The molecule has 0 aliphatic carbocycles. The van der Waals surface area contributed by atoms with Gasteiger partial charge in [-0.2, -0.15) is 0 Å². The highest BCUT2D eigenvalue weighted by molar-refractivity contribution is 5.69. The Balaban J connectivity index is 1.59. The number of nitrogens with zero attached hydrogens (tertiary/aromatic N) is 1. The lowest BCUT2D eigenvalue weighted by Gasteiger charge is -2.32. The lowest BCUT2D eigenvalue weighted by atomic mass is 9.96. The largest absolute Gasteiger partial charge is 0.443 e. The first kappa shape index (κ1) is 13.6. The molecule has 5 heteroatoms. The molecule has 0 spiro atoms. The van der Waals surface area contributed by atoms with Gasteiger partial charge in [-0.25, -0.2) is 4.79 Å². The number of cyclic esters (lactones) is 1. The SMILES string of the molecule is CCCNCC1CCN(CC2CNC(=O)O2)CC1. The Labute approximate surface area is 109 Å². The number of ether oxygens (including phenoxy) is 1. The van der Waals surface area contributed by atoms with Crippen LogP contribution in [0.25, 0.3) is 0 Å². The second kappa shape index (κ2) is 6.95. The predicted octanol–water partition coefficient (Wildman–Crippen LogP) is 0.806. The van der Waals surface area contributed by atoms with E-state index >= 15 is 0 Å². The Morgan fingerprint density at radius 2 is 2.22 bits per heavy atom. The first-order valence-corrected chi connectivity index (χ1v) is 7.15. The molecule has 0 aromatic rings. The molecule has 1 amide bonds. The van der Waals surface area contributed by atoms with Gasteiger partial charge in [0, 0.05) is 6.54 Å². The van der Waals surface area contributed by atoms with E-state index < -0.39 is 0 Å². The van der Waals surface area contributed by atoms with Crippen LogP contribution in [0.2, 0.25) is 0 Å². The smallest absolute Gasteiger partial charge is 0.407 e. The van der Waals surface area contributed by atoms with Crippen LogP contribution in [0.4, 0.5) is 4.79 Å². The van der Waals surface area contributed by atoms with Gasteiger partial charge in [0.15, 0.2) is 0 Å². The Morgan fingerprint density at radius 3 is 2.83 bits per heavy atom. The van der Waals surface area contributed by atoms with Crippen LogP contribution in [-0.2, 0) is 4.74 Å². The second-order valence-electron chi connectivity index (χ2n) is 5.36.